The van der Waals surface area contributed by atoms with Crippen molar-refractivity contribution in [2.75, 3.05) is 20.3 Å². The first-order chi connectivity index (χ1) is 13.2. The number of hydrogen-bond donors (Lipinski definition) is 2. The summed E-state index contributed by atoms with van der Waals surface area (Å²) >= 11 is 6.48. The van der Waals surface area contributed by atoms with Gasteiger partial charge in [-0.1, -0.05) is 50.6 Å². The molecular formula is C24H31ClO3. The highest BCUT2D eigenvalue weighted by Crippen LogP contribution is 2.46. The van der Waals surface area contributed by atoms with Gasteiger partial charge in [0.2, 0.25) is 0 Å². The van der Waals surface area contributed by atoms with Crippen molar-refractivity contribution < 1.29 is 14.9 Å². The predicted molar refractivity (Wildman–Crippen MR) is 115 cm³/mol. The molecule has 28 heavy (non-hydrogen) atoms. The minimum atomic E-state index is -0.0745. The van der Waals surface area contributed by atoms with Crippen molar-refractivity contribution in [3.05, 3.63) is 63.2 Å². The zero-order chi connectivity index (χ0) is 20.6. The second-order valence-electron chi connectivity index (χ2n) is 8.98. The molecule has 0 amide bonds. The van der Waals surface area contributed by atoms with E-state index in [0.717, 1.165) is 39.4 Å². The number of fused-ring (bicyclic) bond motifs is 1. The zero-order valence-electron chi connectivity index (χ0n) is 17.4. The molecule has 0 aliphatic heterocycles. The average Bonchev–Trinajstić information content (AvgIpc) is 2.66. The number of aliphatic hydroxyl groups excluding tert-OH is 2. The number of aliphatic hydroxyl groups is 2. The fraction of sp³-hybridized carbons (Fsp3) is 0.500. The molecule has 0 fully saturated rings. The first-order valence-electron chi connectivity index (χ1n) is 9.90. The van der Waals surface area contributed by atoms with Crippen LogP contribution in [0.25, 0.3) is 0 Å². The summed E-state index contributed by atoms with van der Waals surface area (Å²) in [7, 11) is 1.70. The quantitative estimate of drug-likeness (QED) is 0.767. The normalized spacial score (nSPS) is 22.1. The first-order valence-corrected chi connectivity index (χ1v) is 10.3. The molecule has 2 aromatic carbocycles. The molecule has 0 aromatic heterocycles. The van der Waals surface area contributed by atoms with Crippen LogP contribution < -0.4 is 4.74 Å². The summed E-state index contributed by atoms with van der Waals surface area (Å²) in [6.07, 6.45) is 0.758. The Balaban J connectivity index is 2.22. The Hall–Kier alpha value is -1.55. The van der Waals surface area contributed by atoms with Gasteiger partial charge in [0.05, 0.1) is 7.11 Å². The third-order valence-corrected chi connectivity index (χ3v) is 6.51. The summed E-state index contributed by atoms with van der Waals surface area (Å²) in [5.74, 6) is 0.810. The van der Waals surface area contributed by atoms with E-state index in [2.05, 4.69) is 39.0 Å². The van der Waals surface area contributed by atoms with Crippen LogP contribution in [-0.4, -0.2) is 30.5 Å². The van der Waals surface area contributed by atoms with Gasteiger partial charge in [-0.15, -0.1) is 0 Å². The van der Waals surface area contributed by atoms with Gasteiger partial charge in [-0.2, -0.15) is 0 Å². The fourth-order valence-electron chi connectivity index (χ4n) is 4.55. The van der Waals surface area contributed by atoms with Gasteiger partial charge in [-0.05, 0) is 70.5 Å². The lowest BCUT2D eigenvalue weighted by molar-refractivity contribution is 0.101. The van der Waals surface area contributed by atoms with Crippen molar-refractivity contribution >= 4 is 11.6 Å². The largest absolute Gasteiger partial charge is 0.496 e. The molecule has 0 spiro atoms. The van der Waals surface area contributed by atoms with Gasteiger partial charge in [0.15, 0.2) is 0 Å². The highest BCUT2D eigenvalue weighted by atomic mass is 35.5. The Bertz CT molecular complexity index is 854. The van der Waals surface area contributed by atoms with E-state index < -0.39 is 0 Å². The number of hydrogen-bond acceptors (Lipinski definition) is 3. The van der Waals surface area contributed by atoms with E-state index in [4.69, 9.17) is 16.3 Å². The summed E-state index contributed by atoms with van der Waals surface area (Å²) in [6.45, 7) is 8.61. The van der Waals surface area contributed by atoms with Crippen LogP contribution in [0.4, 0.5) is 0 Å². The van der Waals surface area contributed by atoms with Crippen molar-refractivity contribution in [1.29, 1.82) is 0 Å². The average molecular weight is 403 g/mol. The molecule has 3 nitrogen and oxygen atoms in total. The lowest BCUT2D eigenvalue weighted by Gasteiger charge is -2.39. The van der Waals surface area contributed by atoms with E-state index in [1.165, 1.54) is 5.56 Å². The van der Waals surface area contributed by atoms with Crippen LogP contribution in [0.1, 0.15) is 54.5 Å². The third-order valence-electron chi connectivity index (χ3n) is 6.11. The SMILES string of the molecule is COc1ccc([C@@H]2c3cc(Cl)c(C)cc3C[C@H](CO)[C@H]2CO)cc1C(C)(C)C. The number of aryl methyl sites for hydroxylation is 1. The number of benzene rings is 2. The van der Waals surface area contributed by atoms with Crippen molar-refractivity contribution in [1.82, 2.24) is 0 Å². The molecule has 0 saturated carbocycles. The van der Waals surface area contributed by atoms with Crippen LogP contribution >= 0.6 is 11.6 Å². The maximum absolute atomic E-state index is 10.2. The Labute approximate surface area is 173 Å². The Morgan fingerprint density at radius 3 is 2.39 bits per heavy atom. The summed E-state index contributed by atoms with van der Waals surface area (Å²) in [4.78, 5) is 0. The fourth-order valence-corrected chi connectivity index (χ4v) is 4.72. The van der Waals surface area contributed by atoms with Crippen LogP contribution in [-0.2, 0) is 11.8 Å². The lowest BCUT2D eigenvalue weighted by atomic mass is 9.66. The number of ether oxygens (including phenoxy) is 1. The highest BCUT2D eigenvalue weighted by molar-refractivity contribution is 6.31. The Morgan fingerprint density at radius 2 is 1.82 bits per heavy atom. The Morgan fingerprint density at radius 1 is 1.11 bits per heavy atom. The molecule has 4 heteroatoms. The van der Waals surface area contributed by atoms with Crippen LogP contribution in [0.5, 0.6) is 5.75 Å². The number of methoxy groups -OCH3 is 1. The topological polar surface area (TPSA) is 49.7 Å². The Kier molecular flexibility index (Phi) is 6.09. The molecule has 152 valence electrons. The molecule has 3 rings (SSSR count). The lowest BCUT2D eigenvalue weighted by Crippen LogP contribution is -2.35. The molecule has 0 bridgehead atoms. The van der Waals surface area contributed by atoms with E-state index in [0.29, 0.717) is 0 Å². The highest BCUT2D eigenvalue weighted by Gasteiger charge is 2.38. The zero-order valence-corrected chi connectivity index (χ0v) is 18.2. The summed E-state index contributed by atoms with van der Waals surface area (Å²) in [5.41, 5.74) is 5.60. The third kappa shape index (κ3) is 3.80. The van der Waals surface area contributed by atoms with Crippen LogP contribution in [0, 0.1) is 18.8 Å². The van der Waals surface area contributed by atoms with Crippen LogP contribution in [0.15, 0.2) is 30.3 Å². The van der Waals surface area contributed by atoms with Crippen LogP contribution in [0.2, 0.25) is 5.02 Å². The van der Waals surface area contributed by atoms with E-state index >= 15 is 0 Å². The van der Waals surface area contributed by atoms with Gasteiger partial charge >= 0.3 is 0 Å². The molecule has 0 heterocycles. The maximum Gasteiger partial charge on any atom is 0.122 e. The van der Waals surface area contributed by atoms with Gasteiger partial charge in [0.1, 0.15) is 5.75 Å². The minimum absolute atomic E-state index is 0.0169. The van der Waals surface area contributed by atoms with Gasteiger partial charge in [-0.3, -0.25) is 0 Å². The number of rotatable bonds is 4. The first kappa shape index (κ1) is 21.2. The molecule has 3 atom stereocenters. The molecule has 2 aromatic rings. The number of halogens is 1. The van der Waals surface area contributed by atoms with Crippen molar-refractivity contribution in [2.45, 2.75) is 45.4 Å². The summed E-state index contributed by atoms with van der Waals surface area (Å²) in [5, 5.41) is 21.0. The molecule has 0 radical (unpaired) electrons. The predicted octanol–water partition coefficient (Wildman–Crippen LogP) is 4.86. The van der Waals surface area contributed by atoms with Crippen molar-refractivity contribution in [3.8, 4) is 5.75 Å². The van der Waals surface area contributed by atoms with Gasteiger partial charge < -0.3 is 14.9 Å². The minimum Gasteiger partial charge on any atom is -0.496 e. The molecular weight excluding hydrogens is 372 g/mol. The van der Waals surface area contributed by atoms with E-state index in [1.807, 2.05) is 19.1 Å². The van der Waals surface area contributed by atoms with Gasteiger partial charge in [0, 0.05) is 24.2 Å². The van der Waals surface area contributed by atoms with E-state index in [-0.39, 0.29) is 36.4 Å². The van der Waals surface area contributed by atoms with Gasteiger partial charge in [0.25, 0.3) is 0 Å². The molecule has 1 aliphatic rings. The van der Waals surface area contributed by atoms with E-state index in [9.17, 15) is 10.2 Å². The molecule has 1 aliphatic carbocycles. The van der Waals surface area contributed by atoms with Crippen molar-refractivity contribution in [3.63, 3.8) is 0 Å². The standard InChI is InChI=1S/C24H31ClO3/c1-14-8-16-9-17(12-26)19(13-27)23(18(16)11-21(14)25)15-6-7-22(28-5)20(10-15)24(2,3)4/h6-8,10-11,17,19,23,26-27H,9,12-13H2,1-5H3/t17-,19-,23-/m1/s1. The van der Waals surface area contributed by atoms with Crippen molar-refractivity contribution in [2.24, 2.45) is 11.8 Å². The smallest absolute Gasteiger partial charge is 0.122 e. The summed E-state index contributed by atoms with van der Waals surface area (Å²) < 4.78 is 5.60. The molecule has 0 unspecified atom stereocenters. The molecule has 2 N–H and O–H groups in total. The molecule has 0 saturated heterocycles. The maximum atomic E-state index is 10.2. The van der Waals surface area contributed by atoms with Crippen LogP contribution in [0.3, 0.4) is 0 Å². The summed E-state index contributed by atoms with van der Waals surface area (Å²) in [6, 6.07) is 10.5. The second kappa shape index (κ2) is 8.06. The van der Waals surface area contributed by atoms with E-state index in [1.54, 1.807) is 7.11 Å². The second-order valence-corrected chi connectivity index (χ2v) is 9.39. The van der Waals surface area contributed by atoms with Gasteiger partial charge in [-0.25, -0.2) is 0 Å². The monoisotopic (exact) mass is 402 g/mol.